The summed E-state index contributed by atoms with van der Waals surface area (Å²) in [5.41, 5.74) is 0.881. The summed E-state index contributed by atoms with van der Waals surface area (Å²) in [6, 6.07) is 12.5. The van der Waals surface area contributed by atoms with Crippen molar-refractivity contribution in [3.8, 4) is 11.5 Å². The highest BCUT2D eigenvalue weighted by molar-refractivity contribution is 6.30. The highest BCUT2D eigenvalue weighted by Gasteiger charge is 2.08. The highest BCUT2D eigenvalue weighted by Crippen LogP contribution is 2.27. The number of aryl methyl sites for hydroxylation is 1. The summed E-state index contributed by atoms with van der Waals surface area (Å²) < 4.78 is 32.9. The second-order valence-corrected chi connectivity index (χ2v) is 5.88. The molecule has 0 bridgehead atoms. The Labute approximate surface area is 149 Å². The van der Waals surface area contributed by atoms with Gasteiger partial charge < -0.3 is 10.1 Å². The predicted molar refractivity (Wildman–Crippen MR) is 94.2 cm³/mol. The number of pyridine rings is 1. The van der Waals surface area contributed by atoms with Crippen LogP contribution in [-0.2, 0) is 6.54 Å². The average Bonchev–Trinajstić information content (AvgIpc) is 2.58. The largest absolute Gasteiger partial charge is 0.455 e. The zero-order valence-electron chi connectivity index (χ0n) is 13.4. The molecular formula is C19H15ClF2N2O. The summed E-state index contributed by atoms with van der Waals surface area (Å²) in [4.78, 5) is 4.19. The lowest BCUT2D eigenvalue weighted by molar-refractivity contribution is 0.476. The second kappa shape index (κ2) is 7.49. The monoisotopic (exact) mass is 360 g/mol. The number of nitrogens with zero attached hydrogens (tertiary/aromatic N) is 1. The zero-order valence-corrected chi connectivity index (χ0v) is 14.1. The number of rotatable bonds is 5. The Morgan fingerprint density at radius 2 is 1.84 bits per heavy atom. The molecule has 0 aliphatic heterocycles. The fourth-order valence-corrected chi connectivity index (χ4v) is 2.51. The molecule has 3 rings (SSSR count). The van der Waals surface area contributed by atoms with Crippen LogP contribution in [0.2, 0.25) is 5.02 Å². The van der Waals surface area contributed by atoms with Crippen molar-refractivity contribution >= 4 is 17.4 Å². The van der Waals surface area contributed by atoms with E-state index in [-0.39, 0.29) is 12.1 Å². The van der Waals surface area contributed by atoms with Gasteiger partial charge in [-0.15, -0.1) is 0 Å². The lowest BCUT2D eigenvalue weighted by atomic mass is 10.2. The van der Waals surface area contributed by atoms with E-state index < -0.39 is 11.6 Å². The Balaban J connectivity index is 1.66. The maximum Gasteiger partial charge on any atom is 0.145 e. The third-order valence-electron chi connectivity index (χ3n) is 3.61. The molecule has 0 saturated heterocycles. The van der Waals surface area contributed by atoms with Crippen molar-refractivity contribution in [1.82, 2.24) is 4.98 Å². The van der Waals surface area contributed by atoms with Crippen molar-refractivity contribution in [2.75, 3.05) is 5.32 Å². The number of hydrogen-bond acceptors (Lipinski definition) is 3. The number of nitrogens with one attached hydrogen (secondary N) is 1. The smallest absolute Gasteiger partial charge is 0.145 e. The Morgan fingerprint density at radius 1 is 1.08 bits per heavy atom. The van der Waals surface area contributed by atoms with Crippen molar-refractivity contribution in [1.29, 1.82) is 0 Å². The molecule has 0 spiro atoms. The first kappa shape index (κ1) is 17.2. The standard InChI is InChI=1S/C19H15ClF2N2O/c1-12-9-13(20)5-7-18(12)25-14-6-8-19(23-10-14)24-11-15-16(21)3-2-4-17(15)22/h2-10H,11H2,1H3,(H,23,24). The van der Waals surface area contributed by atoms with Crippen molar-refractivity contribution in [2.45, 2.75) is 13.5 Å². The van der Waals surface area contributed by atoms with Gasteiger partial charge in [0.1, 0.15) is 29.0 Å². The third kappa shape index (κ3) is 4.25. The SMILES string of the molecule is Cc1cc(Cl)ccc1Oc1ccc(NCc2c(F)cccc2F)nc1. The van der Waals surface area contributed by atoms with E-state index in [9.17, 15) is 8.78 Å². The van der Waals surface area contributed by atoms with Gasteiger partial charge in [0.15, 0.2) is 0 Å². The quantitative estimate of drug-likeness (QED) is 0.631. The predicted octanol–water partition coefficient (Wildman–Crippen LogP) is 5.73. The van der Waals surface area contributed by atoms with Gasteiger partial charge in [-0.3, -0.25) is 0 Å². The molecule has 2 aromatic carbocycles. The summed E-state index contributed by atoms with van der Waals surface area (Å²) in [6.07, 6.45) is 1.54. The first-order chi connectivity index (χ1) is 12.0. The van der Waals surface area contributed by atoms with Crippen LogP contribution in [0.5, 0.6) is 11.5 Å². The van der Waals surface area contributed by atoms with Gasteiger partial charge in [-0.05, 0) is 55.0 Å². The van der Waals surface area contributed by atoms with Crippen LogP contribution in [0.15, 0.2) is 54.7 Å². The van der Waals surface area contributed by atoms with Crippen molar-refractivity contribution in [3.05, 3.63) is 82.5 Å². The van der Waals surface area contributed by atoms with E-state index >= 15 is 0 Å². The molecule has 1 N–H and O–H groups in total. The molecule has 0 aliphatic carbocycles. The number of ether oxygens (including phenoxy) is 1. The molecule has 0 saturated carbocycles. The molecule has 3 aromatic rings. The maximum atomic E-state index is 13.6. The topological polar surface area (TPSA) is 34.1 Å². The van der Waals surface area contributed by atoms with Gasteiger partial charge in [0.25, 0.3) is 0 Å². The van der Waals surface area contributed by atoms with Gasteiger partial charge in [0.2, 0.25) is 0 Å². The summed E-state index contributed by atoms with van der Waals surface area (Å²) in [6.45, 7) is 1.90. The highest BCUT2D eigenvalue weighted by atomic mass is 35.5. The number of benzene rings is 2. The molecule has 0 amide bonds. The average molecular weight is 361 g/mol. The van der Waals surface area contributed by atoms with Crippen LogP contribution in [0.1, 0.15) is 11.1 Å². The molecule has 1 aromatic heterocycles. The molecule has 1 heterocycles. The van der Waals surface area contributed by atoms with E-state index in [2.05, 4.69) is 10.3 Å². The Kier molecular flexibility index (Phi) is 5.14. The van der Waals surface area contributed by atoms with Crippen molar-refractivity contribution in [3.63, 3.8) is 0 Å². The van der Waals surface area contributed by atoms with Gasteiger partial charge in [-0.2, -0.15) is 0 Å². The van der Waals surface area contributed by atoms with E-state index in [1.54, 1.807) is 24.3 Å². The number of aromatic nitrogens is 1. The minimum atomic E-state index is -0.592. The van der Waals surface area contributed by atoms with E-state index in [0.717, 1.165) is 5.56 Å². The molecule has 3 nitrogen and oxygen atoms in total. The van der Waals surface area contributed by atoms with Gasteiger partial charge >= 0.3 is 0 Å². The van der Waals surface area contributed by atoms with Crippen molar-refractivity contribution in [2.24, 2.45) is 0 Å². The fourth-order valence-electron chi connectivity index (χ4n) is 2.28. The van der Waals surface area contributed by atoms with E-state index in [4.69, 9.17) is 16.3 Å². The minimum absolute atomic E-state index is 0.00199. The van der Waals surface area contributed by atoms with Crippen LogP contribution in [-0.4, -0.2) is 4.98 Å². The van der Waals surface area contributed by atoms with Crippen LogP contribution >= 0.6 is 11.6 Å². The Hall–Kier alpha value is -2.66. The third-order valence-corrected chi connectivity index (χ3v) is 3.84. The maximum absolute atomic E-state index is 13.6. The lowest BCUT2D eigenvalue weighted by Gasteiger charge is -2.10. The van der Waals surface area contributed by atoms with Crippen molar-refractivity contribution < 1.29 is 13.5 Å². The van der Waals surface area contributed by atoms with Gasteiger partial charge in [-0.1, -0.05) is 17.7 Å². The lowest BCUT2D eigenvalue weighted by Crippen LogP contribution is -2.05. The summed E-state index contributed by atoms with van der Waals surface area (Å²) in [5, 5.41) is 3.53. The van der Waals surface area contributed by atoms with Crippen LogP contribution in [0.4, 0.5) is 14.6 Å². The number of halogens is 3. The molecule has 0 radical (unpaired) electrons. The van der Waals surface area contributed by atoms with Gasteiger partial charge in [-0.25, -0.2) is 13.8 Å². The van der Waals surface area contributed by atoms with E-state index in [0.29, 0.717) is 22.3 Å². The Morgan fingerprint density at radius 3 is 2.48 bits per heavy atom. The first-order valence-corrected chi connectivity index (χ1v) is 7.97. The second-order valence-electron chi connectivity index (χ2n) is 5.44. The summed E-state index contributed by atoms with van der Waals surface area (Å²) >= 11 is 5.92. The fraction of sp³-hybridized carbons (Fsp3) is 0.105. The summed E-state index contributed by atoms with van der Waals surface area (Å²) in [7, 11) is 0. The minimum Gasteiger partial charge on any atom is -0.455 e. The Bertz CT molecular complexity index is 865. The molecule has 0 unspecified atom stereocenters. The van der Waals surface area contributed by atoms with Crippen LogP contribution in [0.25, 0.3) is 0 Å². The molecule has 0 aliphatic rings. The molecule has 0 atom stereocenters. The van der Waals surface area contributed by atoms with E-state index in [1.165, 1.54) is 24.4 Å². The van der Waals surface area contributed by atoms with Crippen LogP contribution < -0.4 is 10.1 Å². The molecular weight excluding hydrogens is 346 g/mol. The molecule has 128 valence electrons. The molecule has 6 heteroatoms. The van der Waals surface area contributed by atoms with Crippen LogP contribution in [0.3, 0.4) is 0 Å². The molecule has 25 heavy (non-hydrogen) atoms. The van der Waals surface area contributed by atoms with Crippen LogP contribution in [0, 0.1) is 18.6 Å². The summed E-state index contributed by atoms with van der Waals surface area (Å²) in [5.74, 6) is 0.535. The normalized spacial score (nSPS) is 10.6. The number of hydrogen-bond donors (Lipinski definition) is 1. The van der Waals surface area contributed by atoms with Gasteiger partial charge in [0.05, 0.1) is 6.20 Å². The van der Waals surface area contributed by atoms with E-state index in [1.807, 2.05) is 13.0 Å². The zero-order chi connectivity index (χ0) is 17.8. The molecule has 0 fully saturated rings. The number of anilines is 1. The first-order valence-electron chi connectivity index (χ1n) is 7.60. The van der Waals surface area contributed by atoms with Gasteiger partial charge in [0, 0.05) is 17.1 Å².